The quantitative estimate of drug-likeness (QED) is 0.324. The van der Waals surface area contributed by atoms with Gasteiger partial charge in [0.25, 0.3) is 15.9 Å². The van der Waals surface area contributed by atoms with Crippen LogP contribution in [0.15, 0.2) is 102 Å². The van der Waals surface area contributed by atoms with Crippen LogP contribution in [0.25, 0.3) is 0 Å². The predicted octanol–water partition coefficient (Wildman–Crippen LogP) is 5.96. The molecule has 4 aromatic rings. The minimum atomic E-state index is -4.02. The minimum absolute atomic E-state index is 0.0584. The van der Waals surface area contributed by atoms with E-state index in [4.69, 9.17) is 4.74 Å². The Kier molecular flexibility index (Phi) is 7.41. The Morgan fingerprint density at radius 1 is 0.806 bits per heavy atom. The van der Waals surface area contributed by atoms with Crippen molar-refractivity contribution in [1.82, 2.24) is 0 Å². The lowest BCUT2D eigenvalue weighted by Crippen LogP contribution is -2.32. The number of para-hydroxylation sites is 2. The lowest BCUT2D eigenvalue weighted by molar-refractivity contribution is 0.102. The zero-order valence-corrected chi connectivity index (χ0v) is 21.2. The monoisotopic (exact) mass is 500 g/mol. The summed E-state index contributed by atoms with van der Waals surface area (Å²) in [6.45, 7) is 3.90. The first-order valence-electron chi connectivity index (χ1n) is 11.5. The van der Waals surface area contributed by atoms with E-state index in [1.807, 2.05) is 62.4 Å². The topological polar surface area (TPSA) is 75.7 Å². The first-order chi connectivity index (χ1) is 17.3. The summed E-state index contributed by atoms with van der Waals surface area (Å²) in [5.74, 6) is 0.169. The van der Waals surface area contributed by atoms with Crippen LogP contribution in [-0.2, 0) is 16.6 Å². The number of anilines is 2. The maximum Gasteiger partial charge on any atom is 0.264 e. The third kappa shape index (κ3) is 5.26. The van der Waals surface area contributed by atoms with Gasteiger partial charge in [0, 0.05) is 5.69 Å². The molecule has 0 unspecified atom stereocenters. The summed E-state index contributed by atoms with van der Waals surface area (Å²) in [7, 11) is -2.50. The zero-order chi connectivity index (χ0) is 25.7. The molecule has 0 atom stereocenters. The second kappa shape index (κ2) is 10.7. The molecule has 0 aromatic heterocycles. The highest BCUT2D eigenvalue weighted by Gasteiger charge is 2.29. The van der Waals surface area contributed by atoms with Gasteiger partial charge in [-0.05, 0) is 66.9 Å². The SMILES string of the molecule is COc1ccc(S(=O)(=O)N(Cc2ccccc2)c2ccccc2C(=O)Nc2c(C)cccc2C)cc1. The van der Waals surface area contributed by atoms with Gasteiger partial charge in [0.1, 0.15) is 5.75 Å². The van der Waals surface area contributed by atoms with E-state index in [9.17, 15) is 13.2 Å². The molecular weight excluding hydrogens is 472 g/mol. The van der Waals surface area contributed by atoms with Crippen molar-refractivity contribution in [1.29, 1.82) is 0 Å². The number of ether oxygens (including phenoxy) is 1. The van der Waals surface area contributed by atoms with Crippen molar-refractivity contribution in [2.75, 3.05) is 16.7 Å². The standard InChI is InChI=1S/C29H28N2O4S/c1-21-10-9-11-22(2)28(21)30-29(32)26-14-7-8-15-27(26)31(20-23-12-5-4-6-13-23)36(33,34)25-18-16-24(35-3)17-19-25/h4-19H,20H2,1-3H3,(H,30,32). The fourth-order valence-electron chi connectivity index (χ4n) is 4.00. The van der Waals surface area contributed by atoms with Gasteiger partial charge < -0.3 is 10.1 Å². The highest BCUT2D eigenvalue weighted by atomic mass is 32.2. The van der Waals surface area contributed by atoms with Crippen molar-refractivity contribution in [2.24, 2.45) is 0 Å². The van der Waals surface area contributed by atoms with Crippen LogP contribution in [0, 0.1) is 13.8 Å². The molecule has 0 radical (unpaired) electrons. The summed E-state index contributed by atoms with van der Waals surface area (Å²) in [5, 5.41) is 2.98. The summed E-state index contributed by atoms with van der Waals surface area (Å²) in [4.78, 5) is 13.6. The molecule has 4 rings (SSSR count). The van der Waals surface area contributed by atoms with Crippen molar-refractivity contribution in [3.8, 4) is 5.75 Å². The smallest absolute Gasteiger partial charge is 0.264 e. The van der Waals surface area contributed by atoms with E-state index >= 15 is 0 Å². The molecule has 0 bridgehead atoms. The number of rotatable bonds is 8. The number of carbonyl (C=O) groups is 1. The molecule has 0 aliphatic rings. The normalized spacial score (nSPS) is 11.1. The fourth-order valence-corrected chi connectivity index (χ4v) is 5.47. The second-order valence-corrected chi connectivity index (χ2v) is 10.3. The Morgan fingerprint density at radius 3 is 2.06 bits per heavy atom. The van der Waals surface area contributed by atoms with E-state index in [1.54, 1.807) is 36.4 Å². The van der Waals surface area contributed by atoms with E-state index in [2.05, 4.69) is 5.32 Å². The number of nitrogens with zero attached hydrogens (tertiary/aromatic N) is 1. The number of amides is 1. The van der Waals surface area contributed by atoms with Gasteiger partial charge in [-0.2, -0.15) is 0 Å². The van der Waals surface area contributed by atoms with Crippen LogP contribution in [0.1, 0.15) is 27.0 Å². The van der Waals surface area contributed by atoms with Crippen molar-refractivity contribution >= 4 is 27.3 Å². The predicted molar refractivity (Wildman–Crippen MR) is 143 cm³/mol. The minimum Gasteiger partial charge on any atom is -0.497 e. The number of methoxy groups -OCH3 is 1. The largest absolute Gasteiger partial charge is 0.497 e. The lowest BCUT2D eigenvalue weighted by atomic mass is 10.1. The van der Waals surface area contributed by atoms with E-state index in [0.717, 1.165) is 16.7 Å². The molecule has 1 N–H and O–H groups in total. The first-order valence-corrected chi connectivity index (χ1v) is 12.9. The third-order valence-corrected chi connectivity index (χ3v) is 7.73. The summed E-state index contributed by atoms with van der Waals surface area (Å²) in [6, 6.07) is 28.0. The lowest BCUT2D eigenvalue weighted by Gasteiger charge is -2.27. The van der Waals surface area contributed by atoms with E-state index < -0.39 is 10.0 Å². The third-order valence-electron chi connectivity index (χ3n) is 5.95. The van der Waals surface area contributed by atoms with Gasteiger partial charge in [-0.25, -0.2) is 8.42 Å². The Morgan fingerprint density at radius 2 is 1.42 bits per heavy atom. The molecule has 0 fully saturated rings. The number of sulfonamides is 1. The Labute approximate surface area is 212 Å². The molecule has 0 spiro atoms. The maximum atomic E-state index is 13.9. The van der Waals surface area contributed by atoms with Gasteiger partial charge in [-0.3, -0.25) is 9.10 Å². The number of nitrogens with one attached hydrogen (secondary N) is 1. The van der Waals surface area contributed by atoms with E-state index in [0.29, 0.717) is 17.1 Å². The van der Waals surface area contributed by atoms with Crippen LogP contribution in [-0.4, -0.2) is 21.4 Å². The summed E-state index contributed by atoms with van der Waals surface area (Å²) in [5.41, 5.74) is 3.90. The highest BCUT2D eigenvalue weighted by molar-refractivity contribution is 7.92. The molecule has 36 heavy (non-hydrogen) atoms. The number of carbonyl (C=O) groups excluding carboxylic acids is 1. The van der Waals surface area contributed by atoms with Crippen LogP contribution in [0.3, 0.4) is 0 Å². The highest BCUT2D eigenvalue weighted by Crippen LogP contribution is 2.31. The summed E-state index contributed by atoms with van der Waals surface area (Å²) < 4.78 is 34.3. The van der Waals surface area contributed by atoms with Gasteiger partial charge in [0.2, 0.25) is 0 Å². The molecule has 1 amide bonds. The molecule has 184 valence electrons. The Bertz CT molecular complexity index is 1450. The van der Waals surface area contributed by atoms with Gasteiger partial charge in [0.05, 0.1) is 29.8 Å². The summed E-state index contributed by atoms with van der Waals surface area (Å²) in [6.07, 6.45) is 0. The molecule has 0 saturated heterocycles. The fraction of sp³-hybridized carbons (Fsp3) is 0.138. The zero-order valence-electron chi connectivity index (χ0n) is 20.4. The van der Waals surface area contributed by atoms with E-state index in [-0.39, 0.29) is 22.9 Å². The average Bonchev–Trinajstić information content (AvgIpc) is 2.90. The number of aryl methyl sites for hydroxylation is 2. The molecule has 4 aromatic carbocycles. The number of hydrogen-bond donors (Lipinski definition) is 1. The van der Waals surface area contributed by atoms with Crippen molar-refractivity contribution in [3.05, 3.63) is 119 Å². The van der Waals surface area contributed by atoms with Crippen LogP contribution in [0.5, 0.6) is 5.75 Å². The molecular formula is C29H28N2O4S. The second-order valence-electron chi connectivity index (χ2n) is 8.41. The molecule has 0 saturated carbocycles. The Hall–Kier alpha value is -4.10. The summed E-state index contributed by atoms with van der Waals surface area (Å²) >= 11 is 0. The molecule has 0 aliphatic heterocycles. The molecule has 7 heteroatoms. The van der Waals surface area contributed by atoms with Gasteiger partial charge in [0.15, 0.2) is 0 Å². The van der Waals surface area contributed by atoms with Gasteiger partial charge in [-0.15, -0.1) is 0 Å². The first kappa shape index (κ1) is 25.0. The molecule has 0 aliphatic carbocycles. The van der Waals surface area contributed by atoms with Crippen LogP contribution >= 0.6 is 0 Å². The van der Waals surface area contributed by atoms with Crippen LogP contribution in [0.4, 0.5) is 11.4 Å². The van der Waals surface area contributed by atoms with Crippen LogP contribution < -0.4 is 14.4 Å². The van der Waals surface area contributed by atoms with Gasteiger partial charge >= 0.3 is 0 Å². The average molecular weight is 501 g/mol. The van der Waals surface area contributed by atoms with Crippen LogP contribution in [0.2, 0.25) is 0 Å². The van der Waals surface area contributed by atoms with E-state index in [1.165, 1.54) is 23.5 Å². The van der Waals surface area contributed by atoms with Gasteiger partial charge in [-0.1, -0.05) is 60.7 Å². The van der Waals surface area contributed by atoms with Crippen molar-refractivity contribution < 1.29 is 17.9 Å². The number of benzene rings is 4. The number of hydrogen-bond acceptors (Lipinski definition) is 4. The maximum absolute atomic E-state index is 13.9. The van der Waals surface area contributed by atoms with Crippen molar-refractivity contribution in [2.45, 2.75) is 25.3 Å². The molecule has 6 nitrogen and oxygen atoms in total. The Balaban J connectivity index is 1.80. The molecule has 0 heterocycles. The van der Waals surface area contributed by atoms with Crippen molar-refractivity contribution in [3.63, 3.8) is 0 Å².